The molecule has 0 spiro atoms. The quantitative estimate of drug-likeness (QED) is 0.840. The first-order valence-electron chi connectivity index (χ1n) is 6.53. The van der Waals surface area contributed by atoms with Gasteiger partial charge >= 0.3 is 0 Å². The number of sulfonamides is 1. The van der Waals surface area contributed by atoms with Gasteiger partial charge in [0.25, 0.3) is 0 Å². The van der Waals surface area contributed by atoms with Gasteiger partial charge in [0.1, 0.15) is 0 Å². The zero-order chi connectivity index (χ0) is 14.6. The summed E-state index contributed by atoms with van der Waals surface area (Å²) in [5.41, 5.74) is 2.50. The number of benzene rings is 1. The van der Waals surface area contributed by atoms with Crippen molar-refractivity contribution in [3.05, 3.63) is 28.8 Å². The molecule has 0 aliphatic heterocycles. The Morgan fingerprint density at radius 1 is 1.21 bits per heavy atom. The second-order valence-electron chi connectivity index (χ2n) is 5.02. The minimum absolute atomic E-state index is 0.0585. The second-order valence-corrected chi connectivity index (χ2v) is 6.73. The molecule has 0 aromatic heterocycles. The molecule has 1 aromatic rings. The fourth-order valence-corrected chi connectivity index (χ4v) is 3.83. The van der Waals surface area contributed by atoms with Crippen LogP contribution in [0.1, 0.15) is 36.5 Å². The van der Waals surface area contributed by atoms with Gasteiger partial charge in [-0.3, -0.25) is 0 Å². The Hall–Kier alpha value is -0.910. The van der Waals surface area contributed by atoms with E-state index in [9.17, 15) is 13.5 Å². The largest absolute Gasteiger partial charge is 0.392 e. The molecule has 0 bridgehead atoms. The van der Waals surface area contributed by atoms with Gasteiger partial charge in [0, 0.05) is 6.54 Å². The maximum Gasteiger partial charge on any atom is 0.241 e. The fraction of sp³-hybridized carbons (Fsp3) is 0.571. The fourth-order valence-electron chi connectivity index (χ4n) is 2.30. The SMILES string of the molecule is CCCC(O)CNS(=O)(=O)c1c(C)cc(C)cc1C. The number of aliphatic hydroxyl groups excluding tert-OH is 1. The van der Waals surface area contributed by atoms with Crippen LogP contribution in [0.5, 0.6) is 0 Å². The van der Waals surface area contributed by atoms with Gasteiger partial charge in [-0.1, -0.05) is 31.0 Å². The van der Waals surface area contributed by atoms with Crippen LogP contribution in [0.25, 0.3) is 0 Å². The summed E-state index contributed by atoms with van der Waals surface area (Å²) in [4.78, 5) is 0.321. The van der Waals surface area contributed by atoms with Crippen molar-refractivity contribution >= 4 is 10.0 Å². The lowest BCUT2D eigenvalue weighted by Crippen LogP contribution is -2.32. The summed E-state index contributed by atoms with van der Waals surface area (Å²) in [5, 5.41) is 9.62. The van der Waals surface area contributed by atoms with Gasteiger partial charge in [-0.25, -0.2) is 13.1 Å². The summed E-state index contributed by atoms with van der Waals surface area (Å²) in [7, 11) is -3.56. The van der Waals surface area contributed by atoms with Gasteiger partial charge in [0.05, 0.1) is 11.0 Å². The van der Waals surface area contributed by atoms with Crippen LogP contribution in [-0.2, 0) is 10.0 Å². The first kappa shape index (κ1) is 16.1. The van der Waals surface area contributed by atoms with E-state index in [2.05, 4.69) is 4.72 Å². The predicted molar refractivity (Wildman–Crippen MR) is 76.8 cm³/mol. The van der Waals surface area contributed by atoms with Crippen molar-refractivity contribution in [3.8, 4) is 0 Å². The highest BCUT2D eigenvalue weighted by molar-refractivity contribution is 7.89. The monoisotopic (exact) mass is 285 g/mol. The van der Waals surface area contributed by atoms with E-state index >= 15 is 0 Å². The minimum atomic E-state index is -3.56. The molecule has 0 heterocycles. The third-order valence-electron chi connectivity index (χ3n) is 3.00. The lowest BCUT2D eigenvalue weighted by Gasteiger charge is -2.15. The van der Waals surface area contributed by atoms with Crippen molar-refractivity contribution in [2.24, 2.45) is 0 Å². The van der Waals surface area contributed by atoms with Crippen LogP contribution in [0.4, 0.5) is 0 Å². The standard InChI is InChI=1S/C14H23NO3S/c1-5-6-13(16)9-15-19(17,18)14-11(3)7-10(2)8-12(14)4/h7-8,13,15-16H,5-6,9H2,1-4H3. The molecule has 4 nitrogen and oxygen atoms in total. The van der Waals surface area contributed by atoms with Crippen LogP contribution in [0.15, 0.2) is 17.0 Å². The van der Waals surface area contributed by atoms with Crippen molar-refractivity contribution in [2.75, 3.05) is 6.54 Å². The molecule has 1 aromatic carbocycles. The number of rotatable bonds is 6. The highest BCUT2D eigenvalue weighted by Crippen LogP contribution is 2.21. The van der Waals surface area contributed by atoms with Crippen molar-refractivity contribution in [1.82, 2.24) is 4.72 Å². The van der Waals surface area contributed by atoms with Crippen LogP contribution in [0, 0.1) is 20.8 Å². The minimum Gasteiger partial charge on any atom is -0.392 e. The zero-order valence-electron chi connectivity index (χ0n) is 12.0. The van der Waals surface area contributed by atoms with Crippen LogP contribution in [0.3, 0.4) is 0 Å². The summed E-state index contributed by atoms with van der Waals surface area (Å²) in [5.74, 6) is 0. The smallest absolute Gasteiger partial charge is 0.241 e. The average Bonchev–Trinajstić information content (AvgIpc) is 2.25. The molecule has 1 rings (SSSR count). The molecular weight excluding hydrogens is 262 g/mol. The highest BCUT2D eigenvalue weighted by atomic mass is 32.2. The molecule has 1 unspecified atom stereocenters. The van der Waals surface area contributed by atoms with E-state index in [1.54, 1.807) is 13.8 Å². The van der Waals surface area contributed by atoms with E-state index < -0.39 is 16.1 Å². The molecule has 2 N–H and O–H groups in total. The molecular formula is C14H23NO3S. The number of nitrogens with one attached hydrogen (secondary N) is 1. The predicted octanol–water partition coefficient (Wildman–Crippen LogP) is 2.05. The molecule has 5 heteroatoms. The molecule has 0 radical (unpaired) electrons. The van der Waals surface area contributed by atoms with Gasteiger partial charge in [0.15, 0.2) is 0 Å². The summed E-state index contributed by atoms with van der Waals surface area (Å²) >= 11 is 0. The van der Waals surface area contributed by atoms with Crippen molar-refractivity contribution in [2.45, 2.75) is 51.5 Å². The van der Waals surface area contributed by atoms with E-state index in [1.165, 1.54) is 0 Å². The lowest BCUT2D eigenvalue weighted by molar-refractivity contribution is 0.167. The Bertz CT molecular complexity index is 515. The molecule has 1 atom stereocenters. The molecule has 0 aliphatic rings. The maximum absolute atomic E-state index is 12.3. The van der Waals surface area contributed by atoms with Crippen LogP contribution in [0.2, 0.25) is 0 Å². The second kappa shape index (κ2) is 6.50. The average molecular weight is 285 g/mol. The van der Waals surface area contributed by atoms with Gasteiger partial charge in [-0.15, -0.1) is 0 Å². The third kappa shape index (κ3) is 4.30. The molecule has 19 heavy (non-hydrogen) atoms. The summed E-state index contributed by atoms with van der Waals surface area (Å²) < 4.78 is 27.0. The van der Waals surface area contributed by atoms with Gasteiger partial charge in [-0.2, -0.15) is 0 Å². The Labute approximate surface area is 115 Å². The Balaban J connectivity index is 2.95. The van der Waals surface area contributed by atoms with Crippen LogP contribution >= 0.6 is 0 Å². The first-order chi connectivity index (χ1) is 8.77. The van der Waals surface area contributed by atoms with E-state index in [1.807, 2.05) is 26.0 Å². The normalized spacial score (nSPS) is 13.5. The highest BCUT2D eigenvalue weighted by Gasteiger charge is 2.20. The zero-order valence-corrected chi connectivity index (χ0v) is 12.8. The Morgan fingerprint density at radius 3 is 2.21 bits per heavy atom. The number of hydrogen-bond acceptors (Lipinski definition) is 3. The number of aryl methyl sites for hydroxylation is 3. The molecule has 0 fully saturated rings. The maximum atomic E-state index is 12.3. The summed E-state index contributed by atoms with van der Waals surface area (Å²) in [6.07, 6.45) is 0.783. The Kier molecular flexibility index (Phi) is 5.52. The van der Waals surface area contributed by atoms with E-state index in [0.29, 0.717) is 11.3 Å². The topological polar surface area (TPSA) is 66.4 Å². The van der Waals surface area contributed by atoms with Crippen molar-refractivity contribution in [1.29, 1.82) is 0 Å². The molecule has 0 saturated carbocycles. The van der Waals surface area contributed by atoms with E-state index in [0.717, 1.165) is 23.1 Å². The molecule has 0 amide bonds. The van der Waals surface area contributed by atoms with Crippen molar-refractivity contribution < 1.29 is 13.5 Å². The summed E-state index contributed by atoms with van der Waals surface area (Å²) in [6, 6.07) is 3.70. The first-order valence-corrected chi connectivity index (χ1v) is 8.01. The third-order valence-corrected chi connectivity index (χ3v) is 4.73. The van der Waals surface area contributed by atoms with Gasteiger partial charge < -0.3 is 5.11 Å². The van der Waals surface area contributed by atoms with Crippen molar-refractivity contribution in [3.63, 3.8) is 0 Å². The van der Waals surface area contributed by atoms with Gasteiger partial charge in [0.2, 0.25) is 10.0 Å². The van der Waals surface area contributed by atoms with E-state index in [4.69, 9.17) is 0 Å². The molecule has 0 saturated heterocycles. The lowest BCUT2D eigenvalue weighted by atomic mass is 10.1. The molecule has 0 aliphatic carbocycles. The van der Waals surface area contributed by atoms with Crippen LogP contribution < -0.4 is 4.72 Å². The van der Waals surface area contributed by atoms with E-state index in [-0.39, 0.29) is 6.54 Å². The van der Waals surface area contributed by atoms with Gasteiger partial charge in [-0.05, 0) is 38.3 Å². The Morgan fingerprint density at radius 2 is 1.74 bits per heavy atom. The molecule has 108 valence electrons. The summed E-state index contributed by atoms with van der Waals surface area (Å²) in [6.45, 7) is 7.53. The number of aliphatic hydroxyl groups is 1. The van der Waals surface area contributed by atoms with Crippen LogP contribution in [-0.4, -0.2) is 26.2 Å². The number of hydrogen-bond donors (Lipinski definition) is 2.